The molecule has 1 aliphatic heterocycles. The highest BCUT2D eigenvalue weighted by molar-refractivity contribution is 9.10. The van der Waals surface area contributed by atoms with E-state index in [0.717, 1.165) is 0 Å². The molecule has 1 aliphatic rings. The molecule has 5 nitrogen and oxygen atoms in total. The van der Waals surface area contributed by atoms with E-state index in [1.165, 1.54) is 6.07 Å². The number of nitro groups is 1. The van der Waals surface area contributed by atoms with Gasteiger partial charge >= 0.3 is 0 Å². The number of piperidine rings is 1. The predicted molar refractivity (Wildman–Crippen MR) is 74.9 cm³/mol. The van der Waals surface area contributed by atoms with Gasteiger partial charge in [-0.2, -0.15) is 0 Å². The summed E-state index contributed by atoms with van der Waals surface area (Å²) in [6.07, 6.45) is 0.533. The lowest BCUT2D eigenvalue weighted by atomic mass is 9.98. The van der Waals surface area contributed by atoms with Crippen LogP contribution >= 0.6 is 15.9 Å². The first kappa shape index (κ1) is 14.1. The third kappa shape index (κ3) is 3.39. The number of benzene rings is 1. The van der Waals surface area contributed by atoms with Crippen molar-refractivity contribution in [1.82, 2.24) is 4.90 Å². The highest BCUT2D eigenvalue weighted by atomic mass is 79.9. The van der Waals surface area contributed by atoms with Crippen LogP contribution in [0.15, 0.2) is 22.7 Å². The normalized spacial score (nSPS) is 20.5. The molecular weight excluding hydrogens is 312 g/mol. The van der Waals surface area contributed by atoms with E-state index in [1.807, 2.05) is 6.92 Å². The summed E-state index contributed by atoms with van der Waals surface area (Å²) in [4.78, 5) is 24.3. The SMILES string of the molecule is CC1CN(Cc2ccc(Br)cc2[N+](=O)[O-])CCC1=O. The van der Waals surface area contributed by atoms with Crippen molar-refractivity contribution in [2.24, 2.45) is 5.92 Å². The Morgan fingerprint density at radius 1 is 1.53 bits per heavy atom. The molecule has 6 heteroatoms. The quantitative estimate of drug-likeness (QED) is 0.633. The van der Waals surface area contributed by atoms with E-state index >= 15 is 0 Å². The van der Waals surface area contributed by atoms with Crippen molar-refractivity contribution in [2.75, 3.05) is 13.1 Å². The van der Waals surface area contributed by atoms with Gasteiger partial charge < -0.3 is 0 Å². The molecule has 0 N–H and O–H groups in total. The third-order valence-corrected chi connectivity index (χ3v) is 3.89. The second-order valence-corrected chi connectivity index (χ2v) is 5.80. The van der Waals surface area contributed by atoms with Gasteiger partial charge in [-0.3, -0.25) is 19.8 Å². The minimum absolute atomic E-state index is 0.0169. The van der Waals surface area contributed by atoms with E-state index in [-0.39, 0.29) is 22.3 Å². The first-order chi connectivity index (χ1) is 8.97. The average molecular weight is 327 g/mol. The van der Waals surface area contributed by atoms with Crippen LogP contribution in [0.3, 0.4) is 0 Å². The third-order valence-electron chi connectivity index (χ3n) is 3.39. The van der Waals surface area contributed by atoms with E-state index in [9.17, 15) is 14.9 Å². The topological polar surface area (TPSA) is 63.4 Å². The van der Waals surface area contributed by atoms with Crippen LogP contribution in [0.25, 0.3) is 0 Å². The van der Waals surface area contributed by atoms with Gasteiger partial charge in [-0.1, -0.05) is 22.9 Å². The van der Waals surface area contributed by atoms with Crippen LogP contribution in [0, 0.1) is 16.0 Å². The van der Waals surface area contributed by atoms with E-state index in [1.54, 1.807) is 12.1 Å². The van der Waals surface area contributed by atoms with Gasteiger partial charge in [0.25, 0.3) is 5.69 Å². The molecule has 0 bridgehead atoms. The molecule has 0 spiro atoms. The summed E-state index contributed by atoms with van der Waals surface area (Å²) in [7, 11) is 0. The number of halogens is 1. The van der Waals surface area contributed by atoms with Gasteiger partial charge in [0.1, 0.15) is 5.78 Å². The molecule has 1 fully saturated rings. The standard InChI is InChI=1S/C13H15BrN2O3/c1-9-7-15(5-4-13(9)17)8-10-2-3-11(14)6-12(10)16(18)19/h2-3,6,9H,4-5,7-8H2,1H3. The monoisotopic (exact) mass is 326 g/mol. The number of likely N-dealkylation sites (tertiary alicyclic amines) is 1. The Hall–Kier alpha value is -1.27. The molecule has 0 radical (unpaired) electrons. The molecule has 1 aromatic rings. The first-order valence-corrected chi connectivity index (χ1v) is 6.94. The molecule has 1 heterocycles. The van der Waals surface area contributed by atoms with Crippen molar-refractivity contribution in [2.45, 2.75) is 19.9 Å². The molecule has 0 aliphatic carbocycles. The second-order valence-electron chi connectivity index (χ2n) is 4.88. The number of carbonyl (C=O) groups is 1. The van der Waals surface area contributed by atoms with Crippen LogP contribution in [0.1, 0.15) is 18.9 Å². The number of hydrogen-bond acceptors (Lipinski definition) is 4. The van der Waals surface area contributed by atoms with Gasteiger partial charge in [-0.05, 0) is 12.1 Å². The van der Waals surface area contributed by atoms with Gasteiger partial charge in [-0.15, -0.1) is 0 Å². The van der Waals surface area contributed by atoms with Crippen molar-refractivity contribution < 1.29 is 9.72 Å². The Bertz CT molecular complexity index is 519. The van der Waals surface area contributed by atoms with E-state index in [0.29, 0.717) is 36.1 Å². The Balaban J connectivity index is 2.15. The maximum Gasteiger partial charge on any atom is 0.275 e. The highest BCUT2D eigenvalue weighted by Gasteiger charge is 2.25. The lowest BCUT2D eigenvalue weighted by Gasteiger charge is -2.29. The predicted octanol–water partition coefficient (Wildman–Crippen LogP) is 2.77. The minimum atomic E-state index is -0.362. The van der Waals surface area contributed by atoms with Crippen LogP contribution in [0.4, 0.5) is 5.69 Å². The Morgan fingerprint density at radius 3 is 2.89 bits per heavy atom. The fourth-order valence-corrected chi connectivity index (χ4v) is 2.67. The second kappa shape index (κ2) is 5.79. The molecule has 19 heavy (non-hydrogen) atoms. The fraction of sp³-hybridized carbons (Fsp3) is 0.462. The van der Waals surface area contributed by atoms with Crippen molar-refractivity contribution >= 4 is 27.4 Å². The molecule has 1 aromatic carbocycles. The van der Waals surface area contributed by atoms with Crippen molar-refractivity contribution in [3.8, 4) is 0 Å². The molecule has 2 rings (SSSR count). The van der Waals surface area contributed by atoms with Crippen LogP contribution in [0.5, 0.6) is 0 Å². The van der Waals surface area contributed by atoms with Gasteiger partial charge in [0.2, 0.25) is 0 Å². The Kier molecular flexibility index (Phi) is 4.31. The van der Waals surface area contributed by atoms with Gasteiger partial charge in [0.05, 0.1) is 4.92 Å². The number of ketones is 1. The number of Topliss-reactive ketones (excluding diaryl/α,β-unsaturated/α-hetero) is 1. The molecule has 102 valence electrons. The molecule has 0 aromatic heterocycles. The van der Waals surface area contributed by atoms with Gasteiger partial charge in [-0.25, -0.2) is 0 Å². The van der Waals surface area contributed by atoms with Crippen LogP contribution in [-0.2, 0) is 11.3 Å². The highest BCUT2D eigenvalue weighted by Crippen LogP contribution is 2.26. The number of nitro benzene ring substituents is 1. The van der Waals surface area contributed by atoms with Crippen LogP contribution in [-0.4, -0.2) is 28.7 Å². The molecule has 1 atom stereocenters. The summed E-state index contributed by atoms with van der Waals surface area (Å²) >= 11 is 3.24. The summed E-state index contributed by atoms with van der Waals surface area (Å²) < 4.78 is 0.699. The molecule has 0 amide bonds. The maximum absolute atomic E-state index is 11.5. The zero-order valence-electron chi connectivity index (χ0n) is 10.6. The zero-order chi connectivity index (χ0) is 14.0. The summed E-state index contributed by atoms with van der Waals surface area (Å²) in [5, 5.41) is 11.0. The maximum atomic E-state index is 11.5. The number of rotatable bonds is 3. The molecule has 1 unspecified atom stereocenters. The fourth-order valence-electron chi connectivity index (χ4n) is 2.32. The lowest BCUT2D eigenvalue weighted by Crippen LogP contribution is -2.39. The summed E-state index contributed by atoms with van der Waals surface area (Å²) in [6.45, 7) is 3.77. The summed E-state index contributed by atoms with van der Waals surface area (Å²) in [6, 6.07) is 5.10. The number of nitrogens with zero attached hydrogens (tertiary/aromatic N) is 2. The van der Waals surface area contributed by atoms with Crippen LogP contribution < -0.4 is 0 Å². The molecule has 1 saturated heterocycles. The zero-order valence-corrected chi connectivity index (χ0v) is 12.2. The molecule has 0 saturated carbocycles. The Morgan fingerprint density at radius 2 is 2.26 bits per heavy atom. The first-order valence-electron chi connectivity index (χ1n) is 6.15. The van der Waals surface area contributed by atoms with Crippen molar-refractivity contribution in [3.63, 3.8) is 0 Å². The van der Waals surface area contributed by atoms with Gasteiger partial charge in [0, 0.05) is 48.1 Å². The lowest BCUT2D eigenvalue weighted by molar-refractivity contribution is -0.385. The number of hydrogen-bond donors (Lipinski definition) is 0. The average Bonchev–Trinajstić information content (AvgIpc) is 2.36. The summed E-state index contributed by atoms with van der Waals surface area (Å²) in [5.74, 6) is 0.296. The molecular formula is C13H15BrN2O3. The number of carbonyl (C=O) groups excluding carboxylic acids is 1. The van der Waals surface area contributed by atoms with E-state index < -0.39 is 0 Å². The van der Waals surface area contributed by atoms with E-state index in [4.69, 9.17) is 0 Å². The largest absolute Gasteiger partial charge is 0.299 e. The smallest absolute Gasteiger partial charge is 0.275 e. The van der Waals surface area contributed by atoms with Gasteiger partial charge in [0.15, 0.2) is 0 Å². The van der Waals surface area contributed by atoms with Crippen molar-refractivity contribution in [1.29, 1.82) is 0 Å². The summed E-state index contributed by atoms with van der Waals surface area (Å²) in [5.41, 5.74) is 0.814. The Labute approximate surface area is 119 Å². The van der Waals surface area contributed by atoms with E-state index in [2.05, 4.69) is 20.8 Å². The minimum Gasteiger partial charge on any atom is -0.299 e. The van der Waals surface area contributed by atoms with Crippen LogP contribution in [0.2, 0.25) is 0 Å². The van der Waals surface area contributed by atoms with Crippen molar-refractivity contribution in [3.05, 3.63) is 38.3 Å².